The second-order valence-electron chi connectivity index (χ2n) is 10.2. The van der Waals surface area contributed by atoms with E-state index in [1.807, 2.05) is 15.9 Å². The molecule has 1 aromatic carbocycles. The van der Waals surface area contributed by atoms with Crippen LogP contribution in [-0.2, 0) is 16.0 Å². The number of piperazine rings is 1. The first-order valence-corrected chi connectivity index (χ1v) is 11.8. The van der Waals surface area contributed by atoms with E-state index >= 15 is 0 Å². The van der Waals surface area contributed by atoms with E-state index in [1.54, 1.807) is 17.0 Å². The maximum Gasteiger partial charge on any atom is 0.335 e. The molecule has 3 aliphatic heterocycles. The molecule has 1 saturated carbocycles. The summed E-state index contributed by atoms with van der Waals surface area (Å²) in [4.78, 5) is 43.3. The number of carboxylic acids is 1. The van der Waals surface area contributed by atoms with Crippen molar-refractivity contribution in [3.63, 3.8) is 0 Å². The van der Waals surface area contributed by atoms with Gasteiger partial charge < -0.3 is 20.6 Å². The Labute approximate surface area is 191 Å². The van der Waals surface area contributed by atoms with Crippen molar-refractivity contribution in [3.05, 3.63) is 34.9 Å². The molecule has 6 rings (SSSR count). The Hall–Kier alpha value is -2.96. The molecule has 0 aromatic heterocycles. The monoisotopic (exact) mass is 449 g/mol. The van der Waals surface area contributed by atoms with Crippen LogP contribution < -0.4 is 5.73 Å². The lowest BCUT2D eigenvalue weighted by atomic mass is 10.0. The fraction of sp³-hybridized carbons (Fsp3) is 0.583. The van der Waals surface area contributed by atoms with Gasteiger partial charge in [-0.25, -0.2) is 4.79 Å². The molecule has 7 atom stereocenters. The van der Waals surface area contributed by atoms with Gasteiger partial charge in [-0.15, -0.1) is 0 Å². The van der Waals surface area contributed by atoms with Crippen molar-refractivity contribution < 1.29 is 19.5 Å². The third kappa shape index (κ3) is 3.08. The molecule has 5 aliphatic rings. The van der Waals surface area contributed by atoms with Crippen LogP contribution in [-0.4, -0.2) is 80.9 Å². The number of aromatic carboxylic acids is 1. The van der Waals surface area contributed by atoms with Crippen LogP contribution in [0.5, 0.6) is 0 Å². The van der Waals surface area contributed by atoms with Gasteiger partial charge in [-0.05, 0) is 61.3 Å². The average Bonchev–Trinajstić information content (AvgIpc) is 3.15. The minimum atomic E-state index is -0.939. The van der Waals surface area contributed by atoms with Crippen LogP contribution >= 0.6 is 0 Å². The molecule has 3 N–H and O–H groups in total. The van der Waals surface area contributed by atoms with Crippen LogP contribution in [0, 0.1) is 17.2 Å². The molecule has 9 nitrogen and oxygen atoms in total. The molecule has 1 aromatic rings. The van der Waals surface area contributed by atoms with Gasteiger partial charge in [-0.3, -0.25) is 14.5 Å². The number of carbonyl (C=O) groups is 3. The Bertz CT molecular complexity index is 1100. The summed E-state index contributed by atoms with van der Waals surface area (Å²) < 4.78 is 0. The molecule has 2 aliphatic carbocycles. The van der Waals surface area contributed by atoms with Crippen molar-refractivity contribution in [2.24, 2.45) is 11.7 Å². The summed E-state index contributed by atoms with van der Waals surface area (Å²) in [7, 11) is 0. The molecular formula is C24H27N5O4. The number of piperidine rings is 1. The number of carbonyl (C=O) groups excluding carboxylic acids is 2. The van der Waals surface area contributed by atoms with E-state index in [4.69, 9.17) is 5.73 Å². The molecule has 3 saturated heterocycles. The fourth-order valence-corrected chi connectivity index (χ4v) is 6.73. The quantitative estimate of drug-likeness (QED) is 0.669. The first-order chi connectivity index (χ1) is 15.9. The van der Waals surface area contributed by atoms with Gasteiger partial charge in [-0.2, -0.15) is 5.26 Å². The van der Waals surface area contributed by atoms with Crippen molar-refractivity contribution in [3.8, 4) is 6.07 Å². The van der Waals surface area contributed by atoms with E-state index in [9.17, 15) is 24.8 Å². The van der Waals surface area contributed by atoms with E-state index in [2.05, 4.69) is 6.07 Å². The van der Waals surface area contributed by atoms with Gasteiger partial charge in [0, 0.05) is 25.2 Å². The Morgan fingerprint density at radius 1 is 1.24 bits per heavy atom. The molecule has 4 fully saturated rings. The summed E-state index contributed by atoms with van der Waals surface area (Å²) in [5, 5.41) is 18.6. The average molecular weight is 450 g/mol. The lowest BCUT2D eigenvalue weighted by Gasteiger charge is -2.38. The summed E-state index contributed by atoms with van der Waals surface area (Å²) in [6.45, 7) is 1.01. The number of nitrogens with two attached hydrogens (primary N) is 1. The van der Waals surface area contributed by atoms with Crippen molar-refractivity contribution in [1.82, 2.24) is 14.7 Å². The number of nitriles is 1. The van der Waals surface area contributed by atoms with Gasteiger partial charge in [0.25, 0.3) is 0 Å². The molecule has 9 heteroatoms. The number of fused-ring (bicyclic) bond motifs is 4. The number of amides is 2. The predicted molar refractivity (Wildman–Crippen MR) is 116 cm³/mol. The number of likely N-dealkylation sites (tertiary alicyclic amines) is 3. The van der Waals surface area contributed by atoms with Gasteiger partial charge in [0.2, 0.25) is 11.8 Å². The van der Waals surface area contributed by atoms with Gasteiger partial charge in [0.1, 0.15) is 6.04 Å². The van der Waals surface area contributed by atoms with Crippen LogP contribution in [0.4, 0.5) is 0 Å². The largest absolute Gasteiger partial charge is 0.478 e. The van der Waals surface area contributed by atoms with Crippen LogP contribution in [0.15, 0.2) is 18.2 Å². The van der Waals surface area contributed by atoms with E-state index < -0.39 is 12.0 Å². The minimum absolute atomic E-state index is 0.0180. The molecule has 0 spiro atoms. The molecule has 172 valence electrons. The highest BCUT2D eigenvalue weighted by atomic mass is 16.4. The molecule has 0 radical (unpaired) electrons. The number of nitrogens with zero attached hydrogens (tertiary/aromatic N) is 4. The standard InChI is InChI=1S/C24H27N5O4/c25-9-15-6-14-7-20(14)28(15)22(30)18(26)11-27-10-16-8-21(27)23(31)29(16)19-4-2-12-5-13(24(32)33)1-3-17(12)19/h1,3,5,14-16,18-21H,2,4,6-8,10-11,26H2,(H,32,33)/t14-,15?,16+,18?,19+,20?,21?/m1/s1. The Morgan fingerprint density at radius 2 is 2.06 bits per heavy atom. The number of hydrogen-bond acceptors (Lipinski definition) is 6. The number of benzene rings is 1. The molecule has 33 heavy (non-hydrogen) atoms. The maximum atomic E-state index is 13.3. The zero-order valence-corrected chi connectivity index (χ0v) is 18.3. The van der Waals surface area contributed by atoms with Crippen LogP contribution in [0.2, 0.25) is 0 Å². The highest BCUT2D eigenvalue weighted by Gasteiger charge is 2.56. The Morgan fingerprint density at radius 3 is 2.79 bits per heavy atom. The Kier molecular flexibility index (Phi) is 4.55. The number of rotatable bonds is 5. The molecule has 2 bridgehead atoms. The lowest BCUT2D eigenvalue weighted by molar-refractivity contribution is -0.141. The van der Waals surface area contributed by atoms with Gasteiger partial charge in [0.15, 0.2) is 0 Å². The third-order valence-electron chi connectivity index (χ3n) is 8.34. The maximum absolute atomic E-state index is 13.3. The first-order valence-electron chi connectivity index (χ1n) is 11.8. The highest BCUT2D eigenvalue weighted by molar-refractivity contribution is 5.89. The molecule has 4 unspecified atom stereocenters. The smallest absolute Gasteiger partial charge is 0.335 e. The van der Waals surface area contributed by atoms with E-state index in [1.165, 1.54) is 0 Å². The Balaban J connectivity index is 1.13. The lowest BCUT2D eigenvalue weighted by Crippen LogP contribution is -2.57. The predicted octanol–water partition coefficient (Wildman–Crippen LogP) is 0.497. The number of aryl methyl sites for hydroxylation is 1. The van der Waals surface area contributed by atoms with Crippen LogP contribution in [0.1, 0.15) is 53.2 Å². The summed E-state index contributed by atoms with van der Waals surface area (Å²) in [6.07, 6.45) is 4.02. The van der Waals surface area contributed by atoms with Crippen molar-refractivity contribution >= 4 is 17.8 Å². The molecule has 3 heterocycles. The second kappa shape index (κ2) is 7.27. The summed E-state index contributed by atoms with van der Waals surface area (Å²) >= 11 is 0. The topological polar surface area (TPSA) is 131 Å². The molecular weight excluding hydrogens is 422 g/mol. The summed E-state index contributed by atoms with van der Waals surface area (Å²) in [5.41, 5.74) is 8.64. The fourth-order valence-electron chi connectivity index (χ4n) is 6.73. The first kappa shape index (κ1) is 20.6. The SMILES string of the molecule is N#CC1C[C@@H]2CC2N1C(=O)C(N)CN1C[C@@H]2CC1C(=O)N2[C@H]1CCc2cc(C(=O)O)ccc21. The third-order valence-corrected chi connectivity index (χ3v) is 8.34. The van der Waals surface area contributed by atoms with E-state index in [0.29, 0.717) is 19.0 Å². The number of carboxylic acid groups (broad SMARTS) is 1. The van der Waals surface area contributed by atoms with Gasteiger partial charge >= 0.3 is 5.97 Å². The van der Waals surface area contributed by atoms with Crippen molar-refractivity contribution in [2.75, 3.05) is 13.1 Å². The van der Waals surface area contributed by atoms with Crippen LogP contribution in [0.25, 0.3) is 0 Å². The van der Waals surface area contributed by atoms with Gasteiger partial charge in [0.05, 0.1) is 29.8 Å². The van der Waals surface area contributed by atoms with Gasteiger partial charge in [-0.1, -0.05) is 6.07 Å². The van der Waals surface area contributed by atoms with Crippen molar-refractivity contribution in [1.29, 1.82) is 5.26 Å². The van der Waals surface area contributed by atoms with Crippen molar-refractivity contribution in [2.45, 2.75) is 68.4 Å². The summed E-state index contributed by atoms with van der Waals surface area (Å²) in [6, 6.07) is 6.29. The van der Waals surface area contributed by atoms with E-state index in [-0.39, 0.29) is 47.6 Å². The van der Waals surface area contributed by atoms with Crippen LogP contribution in [0.3, 0.4) is 0 Å². The van der Waals surface area contributed by atoms with E-state index in [0.717, 1.165) is 43.2 Å². The zero-order valence-electron chi connectivity index (χ0n) is 18.3. The normalized spacial score (nSPS) is 34.8. The summed E-state index contributed by atoms with van der Waals surface area (Å²) in [5.74, 6) is -0.585. The highest BCUT2D eigenvalue weighted by Crippen LogP contribution is 2.48. The molecule has 2 amide bonds. The second-order valence-corrected chi connectivity index (χ2v) is 10.2. The number of hydrogen-bond donors (Lipinski definition) is 2. The minimum Gasteiger partial charge on any atom is -0.478 e. The zero-order chi connectivity index (χ0) is 23.0.